The van der Waals surface area contributed by atoms with Crippen LogP contribution in [0, 0.1) is 5.82 Å². The topological polar surface area (TPSA) is 42.0 Å². The van der Waals surface area contributed by atoms with Gasteiger partial charge in [0.2, 0.25) is 0 Å². The van der Waals surface area contributed by atoms with Crippen LogP contribution in [0.5, 0.6) is 0 Å². The van der Waals surface area contributed by atoms with Gasteiger partial charge in [0.05, 0.1) is 5.69 Å². The molecule has 6 heteroatoms. The van der Waals surface area contributed by atoms with E-state index in [1.165, 1.54) is 23.5 Å². The van der Waals surface area contributed by atoms with Crippen LogP contribution in [-0.2, 0) is 16.6 Å². The smallest absolute Gasteiger partial charge is 0.183 e. The maximum atomic E-state index is 12.9. The molecule has 0 saturated carbocycles. The van der Waals surface area contributed by atoms with Crippen LogP contribution in [0.3, 0.4) is 0 Å². The Hall–Kier alpha value is -2.05. The number of thiazole rings is 1. The van der Waals surface area contributed by atoms with Gasteiger partial charge in [-0.3, -0.25) is 4.21 Å². The molecule has 2 aromatic carbocycles. The van der Waals surface area contributed by atoms with Crippen molar-refractivity contribution in [2.24, 2.45) is 0 Å². The third-order valence-electron chi connectivity index (χ3n) is 3.42. The Morgan fingerprint density at radius 3 is 2.58 bits per heavy atom. The Morgan fingerprint density at radius 2 is 1.83 bits per heavy atom. The molecule has 0 amide bonds. The average Bonchev–Trinajstić information content (AvgIpc) is 3.05. The molecule has 0 spiro atoms. The Kier molecular flexibility index (Phi) is 5.72. The number of halogens is 1. The lowest BCUT2D eigenvalue weighted by molar-refractivity contribution is 0.628. The first-order valence-corrected chi connectivity index (χ1v) is 9.92. The lowest BCUT2D eigenvalue weighted by Crippen LogP contribution is -2.12. The predicted molar refractivity (Wildman–Crippen MR) is 99.2 cm³/mol. The van der Waals surface area contributed by atoms with Gasteiger partial charge in [-0.15, -0.1) is 11.3 Å². The van der Waals surface area contributed by atoms with Gasteiger partial charge in [0.1, 0.15) is 5.82 Å². The molecule has 1 aromatic heterocycles. The van der Waals surface area contributed by atoms with Crippen LogP contribution in [0.4, 0.5) is 9.52 Å². The number of benzene rings is 2. The van der Waals surface area contributed by atoms with E-state index in [0.717, 1.165) is 22.0 Å². The van der Waals surface area contributed by atoms with Crippen LogP contribution in [-0.4, -0.2) is 21.5 Å². The summed E-state index contributed by atoms with van der Waals surface area (Å²) >= 11 is 1.49. The fourth-order valence-electron chi connectivity index (χ4n) is 2.21. The fourth-order valence-corrected chi connectivity index (χ4v) is 4.00. The summed E-state index contributed by atoms with van der Waals surface area (Å²) < 4.78 is 25.0. The highest BCUT2D eigenvalue weighted by molar-refractivity contribution is 7.84. The summed E-state index contributed by atoms with van der Waals surface area (Å²) in [6, 6.07) is 16.1. The number of rotatable bonds is 7. The highest BCUT2D eigenvalue weighted by atomic mass is 32.2. The van der Waals surface area contributed by atoms with Gasteiger partial charge < -0.3 is 5.32 Å². The second-order valence-corrected chi connectivity index (χ2v) is 7.68. The summed E-state index contributed by atoms with van der Waals surface area (Å²) in [4.78, 5) is 4.48. The Bertz CT molecular complexity index is 803. The summed E-state index contributed by atoms with van der Waals surface area (Å²) in [6.07, 6.45) is 0. The van der Waals surface area contributed by atoms with Crippen molar-refractivity contribution in [2.45, 2.75) is 5.75 Å². The number of anilines is 1. The van der Waals surface area contributed by atoms with E-state index < -0.39 is 10.8 Å². The van der Waals surface area contributed by atoms with E-state index in [2.05, 4.69) is 10.3 Å². The molecule has 124 valence electrons. The summed E-state index contributed by atoms with van der Waals surface area (Å²) in [5.41, 5.74) is 2.78. The quantitative estimate of drug-likeness (QED) is 0.683. The number of nitrogens with one attached hydrogen (secondary N) is 1. The largest absolute Gasteiger partial charge is 0.361 e. The van der Waals surface area contributed by atoms with Gasteiger partial charge in [-0.25, -0.2) is 9.37 Å². The molecule has 1 unspecified atom stereocenters. The molecule has 0 aliphatic carbocycles. The highest BCUT2D eigenvalue weighted by Crippen LogP contribution is 2.24. The van der Waals surface area contributed by atoms with Crippen LogP contribution < -0.4 is 5.32 Å². The van der Waals surface area contributed by atoms with Crippen LogP contribution in [0.1, 0.15) is 5.56 Å². The zero-order valence-electron chi connectivity index (χ0n) is 12.9. The number of aromatic nitrogens is 1. The van der Waals surface area contributed by atoms with Crippen molar-refractivity contribution >= 4 is 27.3 Å². The van der Waals surface area contributed by atoms with Gasteiger partial charge in [0.25, 0.3) is 0 Å². The zero-order valence-corrected chi connectivity index (χ0v) is 14.6. The molecule has 0 aliphatic heterocycles. The predicted octanol–water partition coefficient (Wildman–Crippen LogP) is 4.31. The van der Waals surface area contributed by atoms with Crippen LogP contribution in [0.2, 0.25) is 0 Å². The lowest BCUT2D eigenvalue weighted by atomic mass is 10.2. The molecule has 0 aliphatic rings. The van der Waals surface area contributed by atoms with Crippen molar-refractivity contribution in [2.75, 3.05) is 17.6 Å². The average molecular weight is 360 g/mol. The van der Waals surface area contributed by atoms with Gasteiger partial charge in [-0.2, -0.15) is 0 Å². The minimum atomic E-state index is -0.904. The maximum absolute atomic E-state index is 12.9. The van der Waals surface area contributed by atoms with Crippen LogP contribution in [0.15, 0.2) is 60.0 Å². The Labute approximate surface area is 147 Å². The standard InChI is InChI=1S/C18H17FN2OS2/c19-16-8-6-15(7-9-16)17-12-23-18(21-17)20-10-11-24(22)13-14-4-2-1-3-5-14/h1-9,12H,10-11,13H2,(H,20,21). The van der Waals surface area contributed by atoms with Crippen molar-refractivity contribution in [3.63, 3.8) is 0 Å². The normalized spacial score (nSPS) is 12.0. The molecule has 1 heterocycles. The molecule has 0 fully saturated rings. The second-order valence-electron chi connectivity index (χ2n) is 5.25. The molecule has 1 atom stereocenters. The van der Waals surface area contributed by atoms with E-state index in [1.54, 1.807) is 12.1 Å². The Balaban J connectivity index is 1.49. The summed E-state index contributed by atoms with van der Waals surface area (Å²) in [6.45, 7) is 0.607. The van der Waals surface area contributed by atoms with Gasteiger partial charge in [0, 0.05) is 39.8 Å². The highest BCUT2D eigenvalue weighted by Gasteiger charge is 2.06. The fraction of sp³-hybridized carbons (Fsp3) is 0.167. The molecule has 0 bridgehead atoms. The molecular weight excluding hydrogens is 343 g/mol. The van der Waals surface area contributed by atoms with Crippen molar-refractivity contribution in [1.29, 1.82) is 0 Å². The van der Waals surface area contributed by atoms with Crippen LogP contribution in [0.25, 0.3) is 11.3 Å². The lowest BCUT2D eigenvalue weighted by Gasteiger charge is -2.04. The Morgan fingerprint density at radius 1 is 1.08 bits per heavy atom. The molecule has 0 saturated heterocycles. The molecule has 3 nitrogen and oxygen atoms in total. The molecular formula is C18H17FN2OS2. The first-order valence-electron chi connectivity index (χ1n) is 7.55. The van der Waals surface area contributed by atoms with Crippen LogP contribution >= 0.6 is 11.3 Å². The molecule has 0 radical (unpaired) electrons. The third-order valence-corrected chi connectivity index (χ3v) is 5.54. The minimum absolute atomic E-state index is 0.256. The summed E-state index contributed by atoms with van der Waals surface area (Å²) in [7, 11) is -0.904. The van der Waals surface area contributed by atoms with E-state index in [4.69, 9.17) is 0 Å². The minimum Gasteiger partial charge on any atom is -0.361 e. The van der Waals surface area contributed by atoms with Crippen molar-refractivity contribution < 1.29 is 8.60 Å². The van der Waals surface area contributed by atoms with Crippen molar-refractivity contribution in [1.82, 2.24) is 4.98 Å². The van der Waals surface area contributed by atoms with E-state index >= 15 is 0 Å². The van der Waals surface area contributed by atoms with E-state index in [9.17, 15) is 8.60 Å². The summed E-state index contributed by atoms with van der Waals surface area (Å²) in [5, 5.41) is 5.91. The van der Waals surface area contributed by atoms with Crippen molar-refractivity contribution in [3.8, 4) is 11.3 Å². The van der Waals surface area contributed by atoms with Crippen molar-refractivity contribution in [3.05, 3.63) is 71.4 Å². The van der Waals surface area contributed by atoms with E-state index in [-0.39, 0.29) is 5.82 Å². The van der Waals surface area contributed by atoms with Gasteiger partial charge >= 0.3 is 0 Å². The van der Waals surface area contributed by atoms with E-state index in [1.807, 2.05) is 35.7 Å². The maximum Gasteiger partial charge on any atom is 0.183 e. The number of nitrogens with zero attached hydrogens (tertiary/aromatic N) is 1. The first-order chi connectivity index (χ1) is 11.7. The van der Waals surface area contributed by atoms with Gasteiger partial charge in [-0.05, 0) is 29.8 Å². The molecule has 24 heavy (non-hydrogen) atoms. The molecule has 3 rings (SSSR count). The summed E-state index contributed by atoms with van der Waals surface area (Å²) in [5.74, 6) is 0.884. The zero-order chi connectivity index (χ0) is 16.8. The SMILES string of the molecule is O=S(CCNc1nc(-c2ccc(F)cc2)cs1)Cc1ccccc1. The second kappa shape index (κ2) is 8.17. The molecule has 3 aromatic rings. The third kappa shape index (κ3) is 4.72. The first kappa shape index (κ1) is 16.8. The number of hydrogen-bond donors (Lipinski definition) is 1. The van der Waals surface area contributed by atoms with Gasteiger partial charge in [0.15, 0.2) is 5.13 Å². The monoisotopic (exact) mass is 360 g/mol. The van der Waals surface area contributed by atoms with Gasteiger partial charge in [-0.1, -0.05) is 30.3 Å². The van der Waals surface area contributed by atoms with E-state index in [0.29, 0.717) is 18.1 Å². The molecule has 1 N–H and O–H groups in total. The number of hydrogen-bond acceptors (Lipinski definition) is 4.